The van der Waals surface area contributed by atoms with Crippen molar-refractivity contribution in [3.63, 3.8) is 0 Å². The van der Waals surface area contributed by atoms with Gasteiger partial charge in [-0.25, -0.2) is 9.37 Å². The van der Waals surface area contributed by atoms with Crippen LogP contribution in [0.3, 0.4) is 0 Å². The second kappa shape index (κ2) is 7.95. The molecule has 0 saturated heterocycles. The number of nitrogens with one attached hydrogen (secondary N) is 1. The summed E-state index contributed by atoms with van der Waals surface area (Å²) < 4.78 is 31.0. The van der Waals surface area contributed by atoms with Gasteiger partial charge in [-0.1, -0.05) is 6.07 Å². The molecule has 0 spiro atoms. The van der Waals surface area contributed by atoms with E-state index in [4.69, 9.17) is 5.73 Å². The molecule has 2 heterocycles. The van der Waals surface area contributed by atoms with E-state index in [0.717, 1.165) is 39.5 Å². The first-order valence-corrected chi connectivity index (χ1v) is 11.4. The van der Waals surface area contributed by atoms with E-state index in [2.05, 4.69) is 42.9 Å². The molecule has 10 heteroatoms. The Hall–Kier alpha value is -2.37. The van der Waals surface area contributed by atoms with E-state index in [1.54, 1.807) is 4.57 Å². The quantitative estimate of drug-likeness (QED) is 0.371. The summed E-state index contributed by atoms with van der Waals surface area (Å²) in [5.41, 5.74) is 9.23. The molecule has 2 aliphatic rings. The fourth-order valence-corrected chi connectivity index (χ4v) is 4.84. The topological polar surface area (TPSA) is 98.7 Å². The minimum atomic E-state index is -0.946. The molecule has 1 fully saturated rings. The van der Waals surface area contributed by atoms with Crippen molar-refractivity contribution in [1.29, 1.82) is 0 Å². The number of benzene rings is 1. The monoisotopic (exact) mass is 538 g/mol. The standard InChI is InChI=1S/C21H21F2IN6O/c22-14-4-3-11-8-15(24)12(7-13(11)14)9-16-27-17-18(25)28-21(23)29-19(17)30(16)6-5-26-20(31)10-1-2-10/h7-8,10,14H,1-6,9H2,(H,26,31)(H2,25,28,29). The minimum absolute atomic E-state index is 0.0306. The molecular formula is C21H21F2IN6O. The average Bonchev–Trinajstić information content (AvgIpc) is 3.45. The van der Waals surface area contributed by atoms with E-state index in [-0.39, 0.29) is 17.6 Å². The zero-order valence-corrected chi connectivity index (χ0v) is 18.8. The lowest BCUT2D eigenvalue weighted by Crippen LogP contribution is -2.29. The Balaban J connectivity index is 1.49. The second-order valence-corrected chi connectivity index (χ2v) is 9.28. The van der Waals surface area contributed by atoms with Gasteiger partial charge >= 0.3 is 6.08 Å². The van der Waals surface area contributed by atoms with E-state index < -0.39 is 12.2 Å². The number of hydrogen-bond acceptors (Lipinski definition) is 5. The Morgan fingerprint density at radius 3 is 2.84 bits per heavy atom. The van der Waals surface area contributed by atoms with Gasteiger partial charge in [0.1, 0.15) is 12.0 Å². The fourth-order valence-electron chi connectivity index (χ4n) is 4.12. The van der Waals surface area contributed by atoms with Gasteiger partial charge in [0.15, 0.2) is 17.0 Å². The highest BCUT2D eigenvalue weighted by molar-refractivity contribution is 14.1. The second-order valence-electron chi connectivity index (χ2n) is 8.12. The third-order valence-electron chi connectivity index (χ3n) is 5.92. The molecule has 0 aliphatic heterocycles. The number of hydrogen-bond donors (Lipinski definition) is 2. The van der Waals surface area contributed by atoms with Gasteiger partial charge in [0.2, 0.25) is 5.91 Å². The van der Waals surface area contributed by atoms with E-state index in [1.807, 2.05) is 12.1 Å². The van der Waals surface area contributed by atoms with Crippen molar-refractivity contribution in [2.45, 2.75) is 44.8 Å². The first-order chi connectivity index (χ1) is 14.9. The number of nitrogens with two attached hydrogens (primary N) is 1. The number of anilines is 1. The number of fused-ring (bicyclic) bond motifs is 2. The molecule has 162 valence electrons. The van der Waals surface area contributed by atoms with Crippen molar-refractivity contribution in [3.8, 4) is 0 Å². The number of halogens is 3. The zero-order valence-electron chi connectivity index (χ0n) is 16.7. The number of alkyl halides is 1. The summed E-state index contributed by atoms with van der Waals surface area (Å²) in [5, 5.41) is 2.91. The van der Waals surface area contributed by atoms with Gasteiger partial charge in [0, 0.05) is 29.0 Å². The smallest absolute Gasteiger partial charge is 0.312 e. The summed E-state index contributed by atoms with van der Waals surface area (Å²) in [6.45, 7) is 0.737. The predicted molar refractivity (Wildman–Crippen MR) is 120 cm³/mol. The molecule has 1 amide bonds. The first-order valence-electron chi connectivity index (χ1n) is 10.3. The van der Waals surface area contributed by atoms with Crippen LogP contribution in [0.1, 0.15) is 47.9 Å². The first kappa shape index (κ1) is 20.5. The van der Waals surface area contributed by atoms with Crippen LogP contribution < -0.4 is 11.1 Å². The van der Waals surface area contributed by atoms with Crippen molar-refractivity contribution < 1.29 is 13.6 Å². The third kappa shape index (κ3) is 3.97. The van der Waals surface area contributed by atoms with Crippen molar-refractivity contribution in [2.24, 2.45) is 5.92 Å². The van der Waals surface area contributed by atoms with Gasteiger partial charge in [0.25, 0.3) is 0 Å². The van der Waals surface area contributed by atoms with Crippen molar-refractivity contribution >= 4 is 45.5 Å². The number of aromatic nitrogens is 4. The zero-order chi connectivity index (χ0) is 21.7. The molecule has 0 bridgehead atoms. The summed E-state index contributed by atoms with van der Waals surface area (Å²) in [7, 11) is 0. The molecule has 3 aromatic rings. The number of amides is 1. The van der Waals surface area contributed by atoms with Gasteiger partial charge in [-0.15, -0.1) is 0 Å². The van der Waals surface area contributed by atoms with Crippen LogP contribution in [0.5, 0.6) is 0 Å². The summed E-state index contributed by atoms with van der Waals surface area (Å²) in [6, 6.07) is 3.93. The molecule has 1 unspecified atom stereocenters. The Morgan fingerprint density at radius 2 is 2.06 bits per heavy atom. The van der Waals surface area contributed by atoms with Crippen LogP contribution in [-0.4, -0.2) is 32.0 Å². The number of carbonyl (C=O) groups excluding carboxylic acids is 1. The molecule has 1 aromatic carbocycles. The molecule has 7 nitrogen and oxygen atoms in total. The molecule has 1 saturated carbocycles. The predicted octanol–water partition coefficient (Wildman–Crippen LogP) is 3.23. The molecule has 5 rings (SSSR count). The maximum absolute atomic E-state index is 14.3. The highest BCUT2D eigenvalue weighted by Gasteiger charge is 2.29. The van der Waals surface area contributed by atoms with Gasteiger partial charge in [0.05, 0.1) is 0 Å². The van der Waals surface area contributed by atoms with Gasteiger partial charge in [-0.3, -0.25) is 4.79 Å². The Bertz CT molecular complexity index is 1190. The number of nitrogens with zero attached hydrogens (tertiary/aromatic N) is 4. The van der Waals surface area contributed by atoms with Crippen molar-refractivity contribution in [3.05, 3.63) is 44.3 Å². The number of carbonyl (C=O) groups is 1. The maximum Gasteiger partial charge on any atom is 0.312 e. The number of nitrogen functional groups attached to an aromatic ring is 1. The number of aryl methyl sites for hydroxylation is 1. The van der Waals surface area contributed by atoms with Crippen LogP contribution in [0.4, 0.5) is 14.6 Å². The highest BCUT2D eigenvalue weighted by atomic mass is 127. The van der Waals surface area contributed by atoms with Crippen LogP contribution in [0.2, 0.25) is 0 Å². The van der Waals surface area contributed by atoms with E-state index in [1.165, 1.54) is 0 Å². The van der Waals surface area contributed by atoms with Crippen molar-refractivity contribution in [1.82, 2.24) is 24.8 Å². The molecule has 31 heavy (non-hydrogen) atoms. The summed E-state index contributed by atoms with van der Waals surface area (Å²) in [6.07, 6.45) is 1.65. The van der Waals surface area contributed by atoms with Crippen LogP contribution in [0.25, 0.3) is 11.2 Å². The highest BCUT2D eigenvalue weighted by Crippen LogP contribution is 2.37. The Kier molecular flexibility index (Phi) is 5.27. The van der Waals surface area contributed by atoms with Gasteiger partial charge < -0.3 is 15.6 Å². The third-order valence-corrected chi connectivity index (χ3v) is 6.92. The fraction of sp³-hybridized carbons (Fsp3) is 0.429. The van der Waals surface area contributed by atoms with Crippen LogP contribution >= 0.6 is 22.6 Å². The largest absolute Gasteiger partial charge is 0.382 e. The normalized spacial score (nSPS) is 17.8. The lowest BCUT2D eigenvalue weighted by atomic mass is 10.0. The molecule has 3 N–H and O–H groups in total. The summed E-state index contributed by atoms with van der Waals surface area (Å²) >= 11 is 2.25. The molecular weight excluding hydrogens is 517 g/mol. The summed E-state index contributed by atoms with van der Waals surface area (Å²) in [4.78, 5) is 24.1. The lowest BCUT2D eigenvalue weighted by molar-refractivity contribution is -0.122. The van der Waals surface area contributed by atoms with E-state index in [0.29, 0.717) is 42.9 Å². The summed E-state index contributed by atoms with van der Waals surface area (Å²) in [5.74, 6) is 0.732. The SMILES string of the molecule is Nc1nc(F)nc2c1nc(Cc1cc3c(cc1I)CCC3F)n2CCNC(=O)C1CC1. The van der Waals surface area contributed by atoms with Crippen LogP contribution in [0.15, 0.2) is 12.1 Å². The van der Waals surface area contributed by atoms with Gasteiger partial charge in [-0.2, -0.15) is 14.4 Å². The van der Waals surface area contributed by atoms with Crippen molar-refractivity contribution in [2.75, 3.05) is 12.3 Å². The maximum atomic E-state index is 14.3. The number of rotatable bonds is 6. The average molecular weight is 538 g/mol. The molecule has 0 radical (unpaired) electrons. The van der Waals surface area contributed by atoms with E-state index >= 15 is 0 Å². The van der Waals surface area contributed by atoms with Crippen LogP contribution in [-0.2, 0) is 24.2 Å². The molecule has 1 atom stereocenters. The van der Waals surface area contributed by atoms with Gasteiger partial charge in [-0.05, 0) is 71.0 Å². The molecule has 2 aliphatic carbocycles. The molecule has 2 aromatic heterocycles. The lowest BCUT2D eigenvalue weighted by Gasteiger charge is -2.12. The Morgan fingerprint density at radius 1 is 1.26 bits per heavy atom. The number of imidazole rings is 1. The minimum Gasteiger partial charge on any atom is -0.382 e. The van der Waals surface area contributed by atoms with E-state index in [9.17, 15) is 13.6 Å². The Labute approximate surface area is 191 Å². The van der Waals surface area contributed by atoms with Crippen LogP contribution in [0, 0.1) is 15.6 Å².